The summed E-state index contributed by atoms with van der Waals surface area (Å²) in [4.78, 5) is 11.5. The molecule has 0 heterocycles. The number of rotatable bonds is 5. The molecule has 14 heavy (non-hydrogen) atoms. The van der Waals surface area contributed by atoms with E-state index < -0.39 is 0 Å². The summed E-state index contributed by atoms with van der Waals surface area (Å²) in [5.41, 5.74) is -0.143. The van der Waals surface area contributed by atoms with Crippen LogP contribution in [0.2, 0.25) is 0 Å². The molecule has 0 radical (unpaired) electrons. The zero-order chi connectivity index (χ0) is 11.2. The second-order valence-electron chi connectivity index (χ2n) is 3.86. The number of allylic oxidation sites excluding steroid dienone is 2. The molecule has 1 unspecified atom stereocenters. The minimum Gasteiger partial charge on any atom is -0.469 e. The van der Waals surface area contributed by atoms with Crippen molar-refractivity contribution >= 4 is 21.9 Å². The molecular formula is C11H19BrO2. The summed E-state index contributed by atoms with van der Waals surface area (Å²) < 4.78 is 4.79. The predicted molar refractivity (Wildman–Crippen MR) is 62.5 cm³/mol. The molecule has 0 aromatic rings. The lowest BCUT2D eigenvalue weighted by atomic mass is 9.77. The number of carbonyl (C=O) groups excluding carboxylic acids is 1. The van der Waals surface area contributed by atoms with Gasteiger partial charge >= 0.3 is 5.97 Å². The molecule has 0 saturated heterocycles. The third-order valence-corrected chi connectivity index (χ3v) is 2.80. The molecule has 82 valence electrons. The molecule has 0 fully saturated rings. The van der Waals surface area contributed by atoms with E-state index >= 15 is 0 Å². The lowest BCUT2D eigenvalue weighted by molar-refractivity contribution is -0.148. The fourth-order valence-electron chi connectivity index (χ4n) is 1.60. The summed E-state index contributed by atoms with van der Waals surface area (Å²) in [6, 6.07) is 0. The van der Waals surface area contributed by atoms with Crippen molar-refractivity contribution < 1.29 is 9.53 Å². The van der Waals surface area contributed by atoms with Crippen molar-refractivity contribution in [1.29, 1.82) is 0 Å². The maximum Gasteiger partial charge on any atom is 0.309 e. The first-order valence-corrected chi connectivity index (χ1v) is 5.93. The molecule has 0 aliphatic carbocycles. The van der Waals surface area contributed by atoms with Crippen LogP contribution >= 0.6 is 15.9 Å². The Morgan fingerprint density at radius 1 is 1.57 bits per heavy atom. The fourth-order valence-corrected chi connectivity index (χ4v) is 1.79. The smallest absolute Gasteiger partial charge is 0.309 e. The highest BCUT2D eigenvalue weighted by Gasteiger charge is 2.32. The van der Waals surface area contributed by atoms with Gasteiger partial charge in [0.1, 0.15) is 0 Å². The summed E-state index contributed by atoms with van der Waals surface area (Å²) in [6.07, 6.45) is 4.88. The van der Waals surface area contributed by atoms with Gasteiger partial charge in [0.15, 0.2) is 0 Å². The third-order valence-electron chi connectivity index (χ3n) is 2.43. The number of hydrogen-bond acceptors (Lipinski definition) is 2. The summed E-state index contributed by atoms with van der Waals surface area (Å²) in [5.74, 6) is -0.195. The van der Waals surface area contributed by atoms with Gasteiger partial charge in [-0.3, -0.25) is 4.79 Å². The molecule has 0 rings (SSSR count). The first-order valence-electron chi connectivity index (χ1n) is 4.81. The first kappa shape index (κ1) is 13.7. The van der Waals surface area contributed by atoms with E-state index in [0.29, 0.717) is 0 Å². The lowest BCUT2D eigenvalue weighted by Gasteiger charge is -2.28. The van der Waals surface area contributed by atoms with Gasteiger partial charge in [0.2, 0.25) is 0 Å². The number of esters is 1. The van der Waals surface area contributed by atoms with Crippen LogP contribution in [0.5, 0.6) is 0 Å². The molecule has 0 aliphatic rings. The molecular weight excluding hydrogens is 244 g/mol. The van der Waals surface area contributed by atoms with Crippen molar-refractivity contribution in [3.63, 3.8) is 0 Å². The number of ether oxygens (including phenoxy) is 1. The van der Waals surface area contributed by atoms with Crippen LogP contribution < -0.4 is 0 Å². The molecule has 0 spiro atoms. The number of alkyl halides is 1. The fraction of sp³-hybridized carbons (Fsp3) is 0.727. The number of hydrogen-bond donors (Lipinski definition) is 0. The predicted octanol–water partition coefficient (Wildman–Crippen LogP) is 3.16. The molecule has 0 amide bonds. The average molecular weight is 263 g/mol. The molecule has 0 saturated carbocycles. The molecule has 0 aromatic heterocycles. The highest BCUT2D eigenvalue weighted by molar-refractivity contribution is 9.09. The van der Waals surface area contributed by atoms with Crippen LogP contribution in [0.4, 0.5) is 0 Å². The Hall–Kier alpha value is -0.310. The second-order valence-corrected chi connectivity index (χ2v) is 4.51. The van der Waals surface area contributed by atoms with Gasteiger partial charge in [0, 0.05) is 5.33 Å². The van der Waals surface area contributed by atoms with Gasteiger partial charge in [-0.2, -0.15) is 0 Å². The summed E-state index contributed by atoms with van der Waals surface area (Å²) in [6.45, 7) is 6.11. The van der Waals surface area contributed by atoms with Gasteiger partial charge in [-0.15, -0.1) is 0 Å². The summed E-state index contributed by atoms with van der Waals surface area (Å²) >= 11 is 3.32. The molecule has 0 bridgehead atoms. The maximum absolute atomic E-state index is 11.5. The van der Waals surface area contributed by atoms with Gasteiger partial charge < -0.3 is 4.74 Å². The Labute approximate surface area is 94.8 Å². The van der Waals surface area contributed by atoms with Gasteiger partial charge in [-0.05, 0) is 11.8 Å². The zero-order valence-electron chi connectivity index (χ0n) is 9.34. The Kier molecular flexibility index (Phi) is 6.09. The third kappa shape index (κ3) is 3.82. The Morgan fingerprint density at radius 2 is 2.14 bits per heavy atom. The molecule has 3 heteroatoms. The Morgan fingerprint density at radius 3 is 2.50 bits per heavy atom. The van der Waals surface area contributed by atoms with Crippen molar-refractivity contribution in [2.75, 3.05) is 12.4 Å². The van der Waals surface area contributed by atoms with E-state index in [0.717, 1.165) is 11.8 Å². The van der Waals surface area contributed by atoms with E-state index in [4.69, 9.17) is 4.74 Å². The minimum absolute atomic E-state index is 0.0669. The lowest BCUT2D eigenvalue weighted by Crippen LogP contribution is -2.30. The standard InChI is InChI=1S/C11H19BrO2/c1-5-9(10(13)14-4)11(2,3)7-6-8-12/h6-7,9H,5,8H2,1-4H3. The first-order chi connectivity index (χ1) is 6.49. The van der Waals surface area contributed by atoms with Gasteiger partial charge in [0.05, 0.1) is 13.0 Å². The van der Waals surface area contributed by atoms with Crippen LogP contribution in [0.25, 0.3) is 0 Å². The van der Waals surface area contributed by atoms with Crippen molar-refractivity contribution in [3.05, 3.63) is 12.2 Å². The highest BCUT2D eigenvalue weighted by atomic mass is 79.9. The minimum atomic E-state index is -0.143. The van der Waals surface area contributed by atoms with E-state index in [-0.39, 0.29) is 17.3 Å². The largest absolute Gasteiger partial charge is 0.469 e. The molecule has 2 nitrogen and oxygen atoms in total. The Bertz CT molecular complexity index is 209. The van der Waals surface area contributed by atoms with E-state index in [9.17, 15) is 4.79 Å². The zero-order valence-corrected chi connectivity index (χ0v) is 10.9. The molecule has 0 aliphatic heterocycles. The topological polar surface area (TPSA) is 26.3 Å². The Balaban J connectivity index is 4.64. The number of methoxy groups -OCH3 is 1. The van der Waals surface area contributed by atoms with Crippen LogP contribution in [0.15, 0.2) is 12.2 Å². The van der Waals surface area contributed by atoms with Crippen LogP contribution in [-0.2, 0) is 9.53 Å². The van der Waals surface area contributed by atoms with Crippen LogP contribution in [0.3, 0.4) is 0 Å². The van der Waals surface area contributed by atoms with Crippen LogP contribution in [-0.4, -0.2) is 18.4 Å². The molecule has 1 atom stereocenters. The van der Waals surface area contributed by atoms with Gasteiger partial charge in [-0.1, -0.05) is 48.9 Å². The monoisotopic (exact) mass is 262 g/mol. The van der Waals surface area contributed by atoms with Gasteiger partial charge in [-0.25, -0.2) is 0 Å². The second kappa shape index (κ2) is 6.23. The highest BCUT2D eigenvalue weighted by Crippen LogP contribution is 2.31. The maximum atomic E-state index is 11.5. The van der Waals surface area contributed by atoms with Crippen molar-refractivity contribution in [2.45, 2.75) is 27.2 Å². The molecule has 0 aromatic carbocycles. The summed E-state index contributed by atoms with van der Waals surface area (Å²) in [7, 11) is 1.44. The van der Waals surface area contributed by atoms with Gasteiger partial charge in [0.25, 0.3) is 0 Å². The van der Waals surface area contributed by atoms with Crippen LogP contribution in [0.1, 0.15) is 27.2 Å². The van der Waals surface area contributed by atoms with Crippen molar-refractivity contribution in [2.24, 2.45) is 11.3 Å². The molecule has 0 N–H and O–H groups in total. The van der Waals surface area contributed by atoms with E-state index in [1.165, 1.54) is 7.11 Å². The van der Waals surface area contributed by atoms with E-state index in [1.807, 2.05) is 13.0 Å². The normalized spacial score (nSPS) is 14.4. The van der Waals surface area contributed by atoms with E-state index in [1.54, 1.807) is 0 Å². The van der Waals surface area contributed by atoms with E-state index in [2.05, 4.69) is 35.9 Å². The van der Waals surface area contributed by atoms with Crippen molar-refractivity contribution in [1.82, 2.24) is 0 Å². The van der Waals surface area contributed by atoms with Crippen molar-refractivity contribution in [3.8, 4) is 0 Å². The quantitative estimate of drug-likeness (QED) is 0.432. The number of carbonyl (C=O) groups is 1. The average Bonchev–Trinajstić information content (AvgIpc) is 2.15. The summed E-state index contributed by atoms with van der Waals surface area (Å²) in [5, 5.41) is 0.814. The van der Waals surface area contributed by atoms with Crippen LogP contribution in [0, 0.1) is 11.3 Å². The SMILES string of the molecule is CCC(C(=O)OC)C(C)(C)C=CCBr. The number of halogens is 1.